The van der Waals surface area contributed by atoms with Crippen LogP contribution in [0.1, 0.15) is 31.2 Å². The molecule has 0 N–H and O–H groups in total. The molecule has 25 heavy (non-hydrogen) atoms. The molecule has 4 heteroatoms. The molecule has 3 aliphatic rings. The number of ether oxygens (including phenoxy) is 2. The predicted octanol–water partition coefficient (Wildman–Crippen LogP) is 3.98. The van der Waals surface area contributed by atoms with Gasteiger partial charge in [-0.15, -0.1) is 0 Å². The first kappa shape index (κ1) is 17.0. The van der Waals surface area contributed by atoms with Gasteiger partial charge in [-0.2, -0.15) is 0 Å². The van der Waals surface area contributed by atoms with Crippen LogP contribution >= 0.6 is 0 Å². The summed E-state index contributed by atoms with van der Waals surface area (Å²) in [7, 11) is 3.37. The van der Waals surface area contributed by atoms with Crippen molar-refractivity contribution in [3.8, 4) is 5.75 Å². The molecule has 1 heterocycles. The minimum atomic E-state index is -0.446. The fraction of sp³-hybridized carbons (Fsp3) is 0.619. The van der Waals surface area contributed by atoms with E-state index in [0.29, 0.717) is 0 Å². The Kier molecular flexibility index (Phi) is 4.59. The maximum absolute atomic E-state index is 13.9. The van der Waals surface area contributed by atoms with Gasteiger partial charge in [0.2, 0.25) is 0 Å². The number of nitrogens with zero attached hydrogens (tertiary/aromatic N) is 1. The predicted molar refractivity (Wildman–Crippen MR) is 96.2 cm³/mol. The average molecular weight is 345 g/mol. The van der Waals surface area contributed by atoms with Crippen LogP contribution in [0.5, 0.6) is 5.75 Å². The molecule has 1 saturated carbocycles. The number of methoxy groups -OCH3 is 2. The Morgan fingerprint density at radius 3 is 2.56 bits per heavy atom. The molecule has 0 spiro atoms. The first-order chi connectivity index (χ1) is 12.1. The number of rotatable bonds is 5. The minimum absolute atomic E-state index is 0.233. The molecular weight excluding hydrogens is 317 g/mol. The first-order valence-electron chi connectivity index (χ1n) is 9.43. The van der Waals surface area contributed by atoms with Crippen molar-refractivity contribution in [3.63, 3.8) is 0 Å². The molecule has 2 fully saturated rings. The molecule has 3 nitrogen and oxygen atoms in total. The fourth-order valence-electron chi connectivity index (χ4n) is 5.15. The van der Waals surface area contributed by atoms with Crippen LogP contribution in [0.2, 0.25) is 0 Å². The van der Waals surface area contributed by atoms with Gasteiger partial charge in [-0.05, 0) is 61.6 Å². The number of piperidine rings is 1. The van der Waals surface area contributed by atoms with Crippen molar-refractivity contribution in [3.05, 3.63) is 41.7 Å². The lowest BCUT2D eigenvalue weighted by Gasteiger charge is -2.42. The fourth-order valence-corrected chi connectivity index (χ4v) is 5.15. The molecule has 1 unspecified atom stereocenters. The monoisotopic (exact) mass is 345 g/mol. The SMILES string of the molecule is COc1ccc(F)cc1C1(OC)CCN(C[C@H]2C[C@H]3C=CC2C3)CC1. The Labute approximate surface area is 149 Å². The van der Waals surface area contributed by atoms with Crippen molar-refractivity contribution in [2.45, 2.75) is 31.3 Å². The third-order valence-electron chi connectivity index (χ3n) is 6.62. The zero-order valence-electron chi connectivity index (χ0n) is 15.2. The van der Waals surface area contributed by atoms with Crippen LogP contribution in [0.15, 0.2) is 30.4 Å². The van der Waals surface area contributed by atoms with E-state index in [1.54, 1.807) is 26.4 Å². The van der Waals surface area contributed by atoms with Crippen molar-refractivity contribution in [1.82, 2.24) is 4.90 Å². The smallest absolute Gasteiger partial charge is 0.125 e. The highest BCUT2D eigenvalue weighted by Gasteiger charge is 2.41. The Bertz CT molecular complexity index is 651. The molecule has 2 bridgehead atoms. The highest BCUT2D eigenvalue weighted by atomic mass is 19.1. The van der Waals surface area contributed by atoms with Crippen molar-refractivity contribution >= 4 is 0 Å². The summed E-state index contributed by atoms with van der Waals surface area (Å²) < 4.78 is 25.3. The van der Waals surface area contributed by atoms with Crippen LogP contribution < -0.4 is 4.74 Å². The number of halogens is 1. The summed E-state index contributed by atoms with van der Waals surface area (Å²) in [6.45, 7) is 3.17. The van der Waals surface area contributed by atoms with Crippen LogP contribution in [-0.2, 0) is 10.3 Å². The molecule has 1 aromatic rings. The molecule has 0 radical (unpaired) electrons. The van der Waals surface area contributed by atoms with E-state index >= 15 is 0 Å². The third kappa shape index (κ3) is 3.11. The zero-order chi connectivity index (χ0) is 17.4. The lowest BCUT2D eigenvalue weighted by molar-refractivity contribution is -0.0661. The summed E-state index contributed by atoms with van der Waals surface area (Å²) in [5.41, 5.74) is 0.401. The summed E-state index contributed by atoms with van der Waals surface area (Å²) in [5.74, 6) is 2.92. The zero-order valence-corrected chi connectivity index (χ0v) is 15.2. The molecule has 1 aromatic carbocycles. The quantitative estimate of drug-likeness (QED) is 0.754. The number of likely N-dealkylation sites (tertiary alicyclic amines) is 1. The van der Waals surface area contributed by atoms with Crippen molar-refractivity contribution < 1.29 is 13.9 Å². The summed E-state index contributed by atoms with van der Waals surface area (Å²) in [4.78, 5) is 2.57. The first-order valence-corrected chi connectivity index (χ1v) is 9.43. The maximum atomic E-state index is 13.9. The van der Waals surface area contributed by atoms with Gasteiger partial charge in [-0.25, -0.2) is 4.39 Å². The van der Waals surface area contributed by atoms with Crippen LogP contribution in [0.4, 0.5) is 4.39 Å². The van der Waals surface area contributed by atoms with E-state index in [-0.39, 0.29) is 5.82 Å². The molecule has 3 atom stereocenters. The molecule has 4 rings (SSSR count). The Hall–Kier alpha value is -1.39. The second-order valence-corrected chi connectivity index (χ2v) is 7.88. The van der Waals surface area contributed by atoms with Gasteiger partial charge in [0.05, 0.1) is 12.7 Å². The maximum Gasteiger partial charge on any atom is 0.125 e. The van der Waals surface area contributed by atoms with E-state index in [0.717, 1.165) is 55.0 Å². The number of hydrogen-bond acceptors (Lipinski definition) is 3. The normalized spacial score (nSPS) is 30.8. The Morgan fingerprint density at radius 2 is 1.96 bits per heavy atom. The van der Waals surface area contributed by atoms with Crippen molar-refractivity contribution in [2.24, 2.45) is 17.8 Å². The van der Waals surface area contributed by atoms with E-state index in [9.17, 15) is 4.39 Å². The van der Waals surface area contributed by atoms with E-state index in [4.69, 9.17) is 9.47 Å². The van der Waals surface area contributed by atoms with Crippen LogP contribution in [0.3, 0.4) is 0 Å². The molecule has 2 aliphatic carbocycles. The lowest BCUT2D eigenvalue weighted by atomic mass is 9.82. The molecule has 0 aromatic heterocycles. The van der Waals surface area contributed by atoms with Gasteiger partial charge in [0.15, 0.2) is 0 Å². The van der Waals surface area contributed by atoms with Gasteiger partial charge < -0.3 is 14.4 Å². The molecule has 1 saturated heterocycles. The second kappa shape index (κ2) is 6.73. The highest BCUT2D eigenvalue weighted by Crippen LogP contribution is 2.45. The Balaban J connectivity index is 1.45. The summed E-state index contributed by atoms with van der Waals surface area (Å²) in [5, 5.41) is 0. The number of fused-ring (bicyclic) bond motifs is 2. The summed E-state index contributed by atoms with van der Waals surface area (Å²) in [6, 6.07) is 4.74. The summed E-state index contributed by atoms with van der Waals surface area (Å²) in [6.07, 6.45) is 9.30. The summed E-state index contributed by atoms with van der Waals surface area (Å²) >= 11 is 0. The number of benzene rings is 1. The largest absolute Gasteiger partial charge is 0.496 e. The van der Waals surface area contributed by atoms with E-state index < -0.39 is 5.60 Å². The number of hydrogen-bond donors (Lipinski definition) is 0. The van der Waals surface area contributed by atoms with Gasteiger partial charge in [-0.3, -0.25) is 0 Å². The number of allylic oxidation sites excluding steroid dienone is 2. The van der Waals surface area contributed by atoms with Gasteiger partial charge in [0.25, 0.3) is 0 Å². The lowest BCUT2D eigenvalue weighted by Crippen LogP contribution is -2.45. The average Bonchev–Trinajstić information content (AvgIpc) is 3.26. The van der Waals surface area contributed by atoms with Gasteiger partial charge in [0, 0.05) is 32.3 Å². The highest BCUT2D eigenvalue weighted by molar-refractivity contribution is 5.39. The Morgan fingerprint density at radius 1 is 1.16 bits per heavy atom. The topological polar surface area (TPSA) is 21.7 Å². The molecule has 0 amide bonds. The third-order valence-corrected chi connectivity index (χ3v) is 6.62. The van der Waals surface area contributed by atoms with E-state index in [2.05, 4.69) is 17.1 Å². The van der Waals surface area contributed by atoms with E-state index in [1.807, 2.05) is 0 Å². The van der Waals surface area contributed by atoms with Crippen LogP contribution in [-0.4, -0.2) is 38.8 Å². The van der Waals surface area contributed by atoms with Crippen molar-refractivity contribution in [1.29, 1.82) is 0 Å². The van der Waals surface area contributed by atoms with Crippen LogP contribution in [0, 0.1) is 23.6 Å². The van der Waals surface area contributed by atoms with Gasteiger partial charge in [0.1, 0.15) is 11.6 Å². The van der Waals surface area contributed by atoms with Crippen LogP contribution in [0.25, 0.3) is 0 Å². The molecule has 136 valence electrons. The molecule has 1 aliphatic heterocycles. The second-order valence-electron chi connectivity index (χ2n) is 7.88. The standard InChI is InChI=1S/C21H28FNO2/c1-24-20-6-5-18(22)13-19(20)21(25-2)7-9-23(10-8-21)14-17-12-15-3-4-16(17)11-15/h3-6,13,15-17H,7-12,14H2,1-2H3/t15-,16?,17+/m0/s1. The van der Waals surface area contributed by atoms with Crippen molar-refractivity contribution in [2.75, 3.05) is 33.9 Å². The minimum Gasteiger partial charge on any atom is -0.496 e. The van der Waals surface area contributed by atoms with Gasteiger partial charge >= 0.3 is 0 Å². The van der Waals surface area contributed by atoms with Gasteiger partial charge in [-0.1, -0.05) is 12.2 Å². The molecular formula is C21H28FNO2. The van der Waals surface area contributed by atoms with E-state index in [1.165, 1.54) is 25.5 Å².